The van der Waals surface area contributed by atoms with Gasteiger partial charge in [-0.2, -0.15) is 5.10 Å². The van der Waals surface area contributed by atoms with Crippen molar-refractivity contribution < 1.29 is 13.2 Å². The number of amides is 1. The number of rotatable bonds is 6. The van der Waals surface area contributed by atoms with E-state index in [9.17, 15) is 13.2 Å². The molecule has 0 aromatic carbocycles. The smallest absolute Gasteiger partial charge is 0.251 e. The van der Waals surface area contributed by atoms with Crippen LogP contribution in [0.15, 0.2) is 10.4 Å². The summed E-state index contributed by atoms with van der Waals surface area (Å²) in [6, 6.07) is -0.130. The van der Waals surface area contributed by atoms with Crippen LogP contribution >= 0.6 is 11.3 Å². The molecule has 2 aromatic heterocycles. The molecule has 1 amide bonds. The van der Waals surface area contributed by atoms with E-state index in [1.54, 1.807) is 0 Å². The number of nitrogens with one attached hydrogen (secondary N) is 2. The predicted molar refractivity (Wildman–Crippen MR) is 92.8 cm³/mol. The monoisotopic (exact) mass is 371 g/mol. The molecule has 0 aliphatic rings. The molecular formula is C14H21N5O3S2. The molecule has 2 rings (SSSR count). The molecule has 0 saturated carbocycles. The maximum Gasteiger partial charge on any atom is 0.251 e. The first kappa shape index (κ1) is 18.6. The second-order valence-electron chi connectivity index (χ2n) is 5.61. The Labute approximate surface area is 145 Å². The average Bonchev–Trinajstić information content (AvgIpc) is 3.05. The first-order valence-electron chi connectivity index (χ1n) is 7.37. The summed E-state index contributed by atoms with van der Waals surface area (Å²) >= 11 is 0.909. The lowest BCUT2D eigenvalue weighted by Crippen LogP contribution is -2.30. The van der Waals surface area contributed by atoms with E-state index in [1.165, 1.54) is 13.1 Å². The van der Waals surface area contributed by atoms with Crippen LogP contribution in [-0.2, 0) is 14.8 Å². The van der Waals surface area contributed by atoms with Crippen molar-refractivity contribution in [3.63, 3.8) is 0 Å². The van der Waals surface area contributed by atoms with Crippen molar-refractivity contribution in [3.8, 4) is 0 Å². The minimum Gasteiger partial charge on any atom is -0.302 e. The average molecular weight is 371 g/mol. The highest BCUT2D eigenvalue weighted by atomic mass is 32.2. The predicted octanol–water partition coefficient (Wildman–Crippen LogP) is 1.76. The molecule has 0 aliphatic heterocycles. The third kappa shape index (κ3) is 4.00. The summed E-state index contributed by atoms with van der Waals surface area (Å²) in [5.41, 5.74) is 3.06. The number of anilines is 1. The summed E-state index contributed by atoms with van der Waals surface area (Å²) in [6.45, 7) is 9.32. The maximum absolute atomic E-state index is 12.3. The first-order chi connectivity index (χ1) is 11.1. The number of carbonyl (C=O) groups excluding carboxylic acids is 1. The Morgan fingerprint density at radius 1 is 1.38 bits per heavy atom. The van der Waals surface area contributed by atoms with Crippen LogP contribution in [0.3, 0.4) is 0 Å². The van der Waals surface area contributed by atoms with Gasteiger partial charge in [0.2, 0.25) is 5.91 Å². The van der Waals surface area contributed by atoms with Crippen LogP contribution in [0.1, 0.15) is 36.8 Å². The van der Waals surface area contributed by atoms with Crippen LogP contribution in [0.4, 0.5) is 5.13 Å². The van der Waals surface area contributed by atoms with Gasteiger partial charge in [0, 0.05) is 19.2 Å². The number of carbonyl (C=O) groups is 1. The van der Waals surface area contributed by atoms with E-state index in [-0.39, 0.29) is 27.8 Å². The van der Waals surface area contributed by atoms with Gasteiger partial charge in [0.25, 0.3) is 10.0 Å². The van der Waals surface area contributed by atoms with E-state index in [0.29, 0.717) is 0 Å². The van der Waals surface area contributed by atoms with Gasteiger partial charge >= 0.3 is 0 Å². The van der Waals surface area contributed by atoms with Crippen molar-refractivity contribution in [1.29, 1.82) is 0 Å². The molecule has 2 heterocycles. The molecule has 0 fully saturated rings. The Morgan fingerprint density at radius 2 is 2.04 bits per heavy atom. The van der Waals surface area contributed by atoms with Crippen molar-refractivity contribution in [2.75, 3.05) is 11.9 Å². The molecule has 2 N–H and O–H groups in total. The highest BCUT2D eigenvalue weighted by Gasteiger charge is 2.21. The van der Waals surface area contributed by atoms with Gasteiger partial charge in [-0.25, -0.2) is 18.1 Å². The van der Waals surface area contributed by atoms with E-state index in [4.69, 9.17) is 0 Å². The summed E-state index contributed by atoms with van der Waals surface area (Å²) < 4.78 is 29.1. The van der Waals surface area contributed by atoms with Crippen LogP contribution in [0, 0.1) is 20.8 Å². The fourth-order valence-corrected chi connectivity index (χ4v) is 4.40. The van der Waals surface area contributed by atoms with E-state index < -0.39 is 10.0 Å². The van der Waals surface area contributed by atoms with E-state index >= 15 is 0 Å². The van der Waals surface area contributed by atoms with Gasteiger partial charge in [0.15, 0.2) is 9.34 Å². The van der Waals surface area contributed by atoms with E-state index in [2.05, 4.69) is 20.1 Å². The van der Waals surface area contributed by atoms with Gasteiger partial charge < -0.3 is 5.32 Å². The summed E-state index contributed by atoms with van der Waals surface area (Å²) in [7, 11) is -3.68. The zero-order chi connectivity index (χ0) is 18.1. The van der Waals surface area contributed by atoms with Crippen molar-refractivity contribution in [2.24, 2.45) is 0 Å². The van der Waals surface area contributed by atoms with Crippen LogP contribution in [-0.4, -0.2) is 35.6 Å². The molecule has 0 saturated heterocycles. The van der Waals surface area contributed by atoms with Crippen molar-refractivity contribution in [3.05, 3.63) is 23.1 Å². The van der Waals surface area contributed by atoms with Gasteiger partial charge in [0.05, 0.1) is 17.9 Å². The second kappa shape index (κ2) is 6.99. The highest BCUT2D eigenvalue weighted by Crippen LogP contribution is 2.23. The molecular weight excluding hydrogens is 350 g/mol. The molecule has 0 spiro atoms. The Balaban J connectivity index is 2.08. The van der Waals surface area contributed by atoms with Crippen molar-refractivity contribution in [2.45, 2.75) is 44.9 Å². The van der Waals surface area contributed by atoms with E-state index in [0.717, 1.165) is 28.3 Å². The van der Waals surface area contributed by atoms with Gasteiger partial charge in [-0.1, -0.05) is 11.3 Å². The quantitative estimate of drug-likeness (QED) is 0.805. The lowest BCUT2D eigenvalue weighted by Gasteiger charge is -2.15. The number of nitrogens with zero attached hydrogens (tertiary/aromatic N) is 3. The lowest BCUT2D eigenvalue weighted by molar-refractivity contribution is -0.114. The summed E-state index contributed by atoms with van der Waals surface area (Å²) in [4.78, 5) is 14.9. The number of aromatic nitrogens is 3. The fraction of sp³-hybridized carbons (Fsp3) is 0.500. The zero-order valence-electron chi connectivity index (χ0n) is 14.2. The Bertz CT molecular complexity index is 854. The fourth-order valence-electron chi connectivity index (χ4n) is 2.15. The number of hydrogen-bond acceptors (Lipinski definition) is 6. The van der Waals surface area contributed by atoms with Crippen molar-refractivity contribution >= 4 is 32.4 Å². The molecule has 10 heteroatoms. The molecule has 0 bridgehead atoms. The molecule has 0 aliphatic carbocycles. The molecule has 0 unspecified atom stereocenters. The van der Waals surface area contributed by atoms with Crippen LogP contribution in [0.5, 0.6) is 0 Å². The summed E-state index contributed by atoms with van der Waals surface area (Å²) in [5.74, 6) is -0.297. The summed E-state index contributed by atoms with van der Waals surface area (Å²) in [5, 5.41) is 7.17. The second-order valence-corrected chi connectivity index (χ2v) is 8.63. The Morgan fingerprint density at radius 3 is 2.58 bits per heavy atom. The number of aryl methyl sites for hydroxylation is 1. The third-order valence-corrected chi connectivity index (χ3v) is 6.50. The minimum absolute atomic E-state index is 0.0583. The largest absolute Gasteiger partial charge is 0.302 e. The highest BCUT2D eigenvalue weighted by molar-refractivity contribution is 7.91. The molecule has 8 nitrogen and oxygen atoms in total. The van der Waals surface area contributed by atoms with E-state index in [1.807, 2.05) is 32.4 Å². The topological polar surface area (TPSA) is 106 Å². The van der Waals surface area contributed by atoms with Crippen LogP contribution in [0.25, 0.3) is 0 Å². The van der Waals surface area contributed by atoms with Gasteiger partial charge in [-0.15, -0.1) is 0 Å². The molecule has 24 heavy (non-hydrogen) atoms. The standard InChI is InChI=1S/C14H21N5O3S2/c1-8(19-11(4)9(2)10(3)18-19)6-16-24(21,22)13-7-15-14(23-13)17-12(5)20/h7-8,16H,6H2,1-5H3,(H,15,17,20)/t8-/m1/s1. The maximum atomic E-state index is 12.3. The molecule has 0 radical (unpaired) electrons. The number of hydrogen-bond donors (Lipinski definition) is 2. The van der Waals surface area contributed by atoms with Crippen molar-refractivity contribution in [1.82, 2.24) is 19.5 Å². The minimum atomic E-state index is -3.68. The zero-order valence-corrected chi connectivity index (χ0v) is 15.9. The number of thiazole rings is 1. The Kier molecular flexibility index (Phi) is 5.41. The Hall–Kier alpha value is -1.78. The van der Waals surface area contributed by atoms with Gasteiger partial charge in [0.1, 0.15) is 0 Å². The lowest BCUT2D eigenvalue weighted by atomic mass is 10.2. The third-order valence-electron chi connectivity index (χ3n) is 3.71. The van der Waals surface area contributed by atoms with Crippen LogP contribution < -0.4 is 10.0 Å². The number of sulfonamides is 1. The van der Waals surface area contributed by atoms with Crippen LogP contribution in [0.2, 0.25) is 0 Å². The van der Waals surface area contributed by atoms with Gasteiger partial charge in [-0.3, -0.25) is 9.48 Å². The molecule has 1 atom stereocenters. The SMILES string of the molecule is CC(=O)Nc1ncc(S(=O)(=O)NC[C@@H](C)n2nc(C)c(C)c2C)s1. The first-order valence-corrected chi connectivity index (χ1v) is 9.67. The van der Waals surface area contributed by atoms with Gasteiger partial charge in [-0.05, 0) is 33.3 Å². The summed E-state index contributed by atoms with van der Waals surface area (Å²) in [6.07, 6.45) is 1.23. The molecule has 132 valence electrons. The molecule has 2 aromatic rings. The normalized spacial score (nSPS) is 13.0.